The molecule has 2 nitrogen and oxygen atoms in total. The Hall–Kier alpha value is -2.13. The van der Waals surface area contributed by atoms with Crippen LogP contribution in [-0.2, 0) is 0 Å². The average Bonchev–Trinajstić information content (AvgIpc) is 2.78. The van der Waals surface area contributed by atoms with Gasteiger partial charge in [-0.05, 0) is 29.3 Å². The lowest BCUT2D eigenvalue weighted by Crippen LogP contribution is -1.96. The van der Waals surface area contributed by atoms with E-state index in [9.17, 15) is 4.79 Å². The molecular weight excluding hydrogens is 256 g/mol. The zero-order chi connectivity index (χ0) is 13.0. The van der Waals surface area contributed by atoms with Gasteiger partial charge in [-0.15, -0.1) is 11.3 Å². The maximum Gasteiger partial charge on any atom is 0.336 e. The van der Waals surface area contributed by atoms with E-state index in [0.717, 1.165) is 31.3 Å². The molecule has 0 unspecified atom stereocenters. The van der Waals surface area contributed by atoms with Crippen LogP contribution in [0.5, 0.6) is 0 Å². The minimum absolute atomic E-state index is 0.280. The first-order chi connectivity index (χ1) is 9.24. The van der Waals surface area contributed by atoms with E-state index in [1.807, 2.05) is 19.1 Å². The maximum atomic E-state index is 11.6. The van der Waals surface area contributed by atoms with Gasteiger partial charge in [-0.25, -0.2) is 4.79 Å². The lowest BCUT2D eigenvalue weighted by Gasteiger charge is -1.99. The quantitative estimate of drug-likeness (QED) is 0.470. The van der Waals surface area contributed by atoms with Crippen molar-refractivity contribution in [2.75, 3.05) is 0 Å². The third kappa shape index (κ3) is 1.45. The monoisotopic (exact) mass is 266 g/mol. The van der Waals surface area contributed by atoms with Crippen LogP contribution >= 0.6 is 11.3 Å². The first kappa shape index (κ1) is 10.8. The fourth-order valence-corrected chi connectivity index (χ4v) is 3.69. The van der Waals surface area contributed by atoms with Gasteiger partial charge in [-0.1, -0.05) is 30.3 Å². The Kier molecular flexibility index (Phi) is 2.09. The molecule has 0 N–H and O–H groups in total. The molecule has 0 bridgehead atoms. The van der Waals surface area contributed by atoms with Crippen molar-refractivity contribution in [1.82, 2.24) is 0 Å². The predicted octanol–water partition coefficient (Wildman–Crippen LogP) is 4.47. The van der Waals surface area contributed by atoms with E-state index in [1.54, 1.807) is 17.4 Å². The third-order valence-corrected chi connectivity index (χ3v) is 4.70. The summed E-state index contributed by atoms with van der Waals surface area (Å²) < 4.78 is 7.68. The molecule has 0 radical (unpaired) electrons. The van der Waals surface area contributed by atoms with E-state index in [0.29, 0.717) is 0 Å². The van der Waals surface area contributed by atoms with Gasteiger partial charge < -0.3 is 4.42 Å². The van der Waals surface area contributed by atoms with Crippen molar-refractivity contribution in [2.24, 2.45) is 0 Å². The van der Waals surface area contributed by atoms with Crippen LogP contribution in [0.1, 0.15) is 5.56 Å². The Morgan fingerprint density at radius 2 is 1.95 bits per heavy atom. The van der Waals surface area contributed by atoms with E-state index in [4.69, 9.17) is 4.42 Å². The predicted molar refractivity (Wildman–Crippen MR) is 80.1 cm³/mol. The molecule has 19 heavy (non-hydrogen) atoms. The second kappa shape index (κ2) is 3.68. The van der Waals surface area contributed by atoms with Gasteiger partial charge in [0.05, 0.1) is 4.70 Å². The lowest BCUT2D eigenvalue weighted by atomic mass is 10.1. The van der Waals surface area contributed by atoms with Gasteiger partial charge in [0, 0.05) is 16.2 Å². The maximum absolute atomic E-state index is 11.6. The summed E-state index contributed by atoms with van der Waals surface area (Å²) in [5, 5.41) is 3.36. The number of hydrogen-bond acceptors (Lipinski definition) is 3. The van der Waals surface area contributed by atoms with Gasteiger partial charge in [0.2, 0.25) is 0 Å². The van der Waals surface area contributed by atoms with Crippen molar-refractivity contribution in [1.29, 1.82) is 0 Å². The Morgan fingerprint density at radius 3 is 2.84 bits per heavy atom. The molecule has 0 atom stereocenters. The van der Waals surface area contributed by atoms with Crippen LogP contribution in [0.4, 0.5) is 0 Å². The molecule has 0 saturated carbocycles. The molecule has 0 aliphatic carbocycles. The molecule has 0 fully saturated rings. The van der Waals surface area contributed by atoms with E-state index in [2.05, 4.69) is 24.3 Å². The zero-order valence-corrected chi connectivity index (χ0v) is 11.1. The van der Waals surface area contributed by atoms with Gasteiger partial charge >= 0.3 is 5.63 Å². The average molecular weight is 266 g/mol. The lowest BCUT2D eigenvalue weighted by molar-refractivity contribution is 0.564. The minimum Gasteiger partial charge on any atom is -0.421 e. The van der Waals surface area contributed by atoms with Gasteiger partial charge in [-0.2, -0.15) is 0 Å². The molecule has 4 rings (SSSR count). The van der Waals surface area contributed by atoms with Gasteiger partial charge in [-0.3, -0.25) is 0 Å². The normalized spacial score (nSPS) is 11.6. The van der Waals surface area contributed by atoms with Crippen molar-refractivity contribution in [2.45, 2.75) is 6.92 Å². The highest BCUT2D eigenvalue weighted by atomic mass is 32.1. The van der Waals surface area contributed by atoms with Crippen LogP contribution in [0.15, 0.2) is 51.7 Å². The third-order valence-electron chi connectivity index (χ3n) is 3.43. The van der Waals surface area contributed by atoms with Crippen LogP contribution in [-0.4, -0.2) is 0 Å². The molecule has 2 aromatic heterocycles. The summed E-state index contributed by atoms with van der Waals surface area (Å²) in [6.45, 7) is 1.96. The molecule has 2 aromatic carbocycles. The standard InChI is InChI=1S/C16H10O2S/c1-9-8-13(17)18-15-14-11-5-3-2-4-10(11)6-7-12(14)19-16(9)15/h2-8H,1H3. The van der Waals surface area contributed by atoms with Crippen LogP contribution in [0, 0.1) is 6.92 Å². The van der Waals surface area contributed by atoms with Crippen LogP contribution in [0.3, 0.4) is 0 Å². The number of aryl methyl sites for hydroxylation is 1. The molecule has 3 heteroatoms. The fraction of sp³-hybridized carbons (Fsp3) is 0.0625. The summed E-state index contributed by atoms with van der Waals surface area (Å²) >= 11 is 1.68. The second-order valence-electron chi connectivity index (χ2n) is 4.67. The largest absolute Gasteiger partial charge is 0.421 e. The molecule has 0 saturated heterocycles. The fourth-order valence-electron chi connectivity index (χ4n) is 2.57. The second-order valence-corrected chi connectivity index (χ2v) is 5.72. The van der Waals surface area contributed by atoms with E-state index >= 15 is 0 Å². The SMILES string of the molecule is Cc1cc(=O)oc2c1sc1ccc3ccccc3c12. The highest BCUT2D eigenvalue weighted by Crippen LogP contribution is 2.38. The van der Waals surface area contributed by atoms with Crippen molar-refractivity contribution < 1.29 is 4.42 Å². The number of rotatable bonds is 0. The minimum atomic E-state index is -0.280. The van der Waals surface area contributed by atoms with Crippen molar-refractivity contribution in [3.8, 4) is 0 Å². The summed E-state index contributed by atoms with van der Waals surface area (Å²) in [6, 6.07) is 13.9. The summed E-state index contributed by atoms with van der Waals surface area (Å²) in [6.07, 6.45) is 0. The van der Waals surface area contributed by atoms with Gasteiger partial charge in [0.25, 0.3) is 0 Å². The van der Waals surface area contributed by atoms with Crippen molar-refractivity contribution in [3.05, 3.63) is 58.4 Å². The van der Waals surface area contributed by atoms with Crippen molar-refractivity contribution in [3.63, 3.8) is 0 Å². The molecule has 4 aromatic rings. The summed E-state index contributed by atoms with van der Waals surface area (Å²) in [5.74, 6) is 0. The highest BCUT2D eigenvalue weighted by Gasteiger charge is 2.13. The molecule has 2 heterocycles. The first-order valence-corrected chi connectivity index (χ1v) is 6.90. The van der Waals surface area contributed by atoms with E-state index in [-0.39, 0.29) is 5.63 Å². The van der Waals surface area contributed by atoms with Crippen molar-refractivity contribution >= 4 is 42.5 Å². The number of benzene rings is 2. The van der Waals surface area contributed by atoms with Crippen LogP contribution < -0.4 is 5.63 Å². The molecule has 0 amide bonds. The summed E-state index contributed by atoms with van der Waals surface area (Å²) in [4.78, 5) is 11.6. The molecule has 92 valence electrons. The Bertz CT molecular complexity index is 992. The molecular formula is C16H10O2S. The summed E-state index contributed by atoms with van der Waals surface area (Å²) in [7, 11) is 0. The first-order valence-electron chi connectivity index (χ1n) is 6.09. The topological polar surface area (TPSA) is 30.2 Å². The Morgan fingerprint density at radius 1 is 1.11 bits per heavy atom. The number of hydrogen-bond donors (Lipinski definition) is 0. The molecule has 0 aliphatic rings. The van der Waals surface area contributed by atoms with Crippen LogP contribution in [0.2, 0.25) is 0 Å². The Labute approximate surface area is 112 Å². The van der Waals surface area contributed by atoms with Gasteiger partial charge in [0.1, 0.15) is 0 Å². The Balaban J connectivity index is 2.39. The smallest absolute Gasteiger partial charge is 0.336 e. The summed E-state index contributed by atoms with van der Waals surface area (Å²) in [5.41, 5.74) is 1.43. The number of fused-ring (bicyclic) bond motifs is 5. The zero-order valence-electron chi connectivity index (χ0n) is 10.3. The molecule has 0 aliphatic heterocycles. The van der Waals surface area contributed by atoms with Crippen LogP contribution in [0.25, 0.3) is 31.1 Å². The highest BCUT2D eigenvalue weighted by molar-refractivity contribution is 7.26. The van der Waals surface area contributed by atoms with E-state index < -0.39 is 0 Å². The van der Waals surface area contributed by atoms with Gasteiger partial charge in [0.15, 0.2) is 5.58 Å². The van der Waals surface area contributed by atoms with E-state index in [1.165, 1.54) is 5.39 Å². The number of thiophene rings is 1. The molecule has 0 spiro atoms.